The van der Waals surface area contributed by atoms with Crippen LogP contribution in [-0.4, -0.2) is 48.3 Å². The number of hydrogen-bond donors (Lipinski definition) is 1. The second-order valence-electron chi connectivity index (χ2n) is 7.91. The average molecular weight is 503 g/mol. The van der Waals surface area contributed by atoms with Gasteiger partial charge in [-0.1, -0.05) is 59.3 Å². The van der Waals surface area contributed by atoms with Gasteiger partial charge in [-0.2, -0.15) is 4.31 Å². The normalized spacial score (nSPS) is 14.8. The van der Waals surface area contributed by atoms with Crippen molar-refractivity contribution in [2.75, 3.05) is 25.0 Å². The number of carbonyl (C=O) groups excluding carboxylic acids is 1. The van der Waals surface area contributed by atoms with Gasteiger partial charge >= 0.3 is 0 Å². The fraction of sp³-hybridized carbons (Fsp3) is 0.348. The molecule has 0 unspecified atom stereocenters. The predicted molar refractivity (Wildman–Crippen MR) is 133 cm³/mol. The van der Waals surface area contributed by atoms with Crippen LogP contribution in [0.3, 0.4) is 0 Å². The first kappa shape index (κ1) is 23.9. The van der Waals surface area contributed by atoms with E-state index in [1.807, 2.05) is 0 Å². The maximum atomic E-state index is 12.8. The van der Waals surface area contributed by atoms with Gasteiger partial charge in [0.05, 0.1) is 11.4 Å². The molecule has 1 aliphatic rings. The van der Waals surface area contributed by atoms with Crippen LogP contribution in [0, 0.1) is 6.92 Å². The van der Waals surface area contributed by atoms with Gasteiger partial charge in [0.1, 0.15) is 0 Å². The zero-order valence-corrected chi connectivity index (χ0v) is 20.8. The number of carbonyl (C=O) groups is 1. The van der Waals surface area contributed by atoms with Crippen LogP contribution in [0.5, 0.6) is 0 Å². The molecule has 0 atom stereocenters. The number of ketones is 1. The van der Waals surface area contributed by atoms with Gasteiger partial charge in [-0.25, -0.2) is 8.42 Å². The number of anilines is 1. The highest BCUT2D eigenvalue weighted by Crippen LogP contribution is 2.28. The Morgan fingerprint density at radius 3 is 2.42 bits per heavy atom. The van der Waals surface area contributed by atoms with Gasteiger partial charge in [0.15, 0.2) is 10.1 Å². The molecule has 0 saturated carbocycles. The van der Waals surface area contributed by atoms with Crippen LogP contribution in [-0.2, 0) is 15.8 Å². The van der Waals surface area contributed by atoms with Crippen molar-refractivity contribution in [3.63, 3.8) is 0 Å². The molecular formula is C23H26N4O3S3. The van der Waals surface area contributed by atoms with Crippen molar-refractivity contribution in [1.82, 2.24) is 14.5 Å². The molecule has 0 radical (unpaired) electrons. The Labute approximate surface area is 202 Å². The summed E-state index contributed by atoms with van der Waals surface area (Å²) in [5, 5.41) is 11.9. The number of benzene rings is 2. The van der Waals surface area contributed by atoms with Gasteiger partial charge in [-0.05, 0) is 49.6 Å². The number of aryl methyl sites for hydroxylation is 1. The third-order valence-electron chi connectivity index (χ3n) is 5.42. The van der Waals surface area contributed by atoms with E-state index in [0.717, 1.165) is 29.4 Å². The van der Waals surface area contributed by atoms with Crippen LogP contribution in [0.1, 0.15) is 40.7 Å². The van der Waals surface area contributed by atoms with Gasteiger partial charge in [0, 0.05) is 24.4 Å². The molecule has 0 spiro atoms. The van der Waals surface area contributed by atoms with Crippen molar-refractivity contribution in [2.45, 2.75) is 41.2 Å². The minimum atomic E-state index is -3.50. The first-order chi connectivity index (χ1) is 15.9. The van der Waals surface area contributed by atoms with Crippen molar-refractivity contribution < 1.29 is 13.2 Å². The van der Waals surface area contributed by atoms with Crippen molar-refractivity contribution >= 4 is 44.0 Å². The number of Topliss-reactive ketones (excluding diaryl/α,β-unsaturated/α-hetero) is 1. The van der Waals surface area contributed by atoms with Crippen molar-refractivity contribution in [3.8, 4) is 0 Å². The van der Waals surface area contributed by atoms with Crippen LogP contribution in [0.4, 0.5) is 5.13 Å². The number of piperidine rings is 1. The second kappa shape index (κ2) is 10.8. The Morgan fingerprint density at radius 2 is 1.73 bits per heavy atom. The molecule has 1 fully saturated rings. The highest BCUT2D eigenvalue weighted by molar-refractivity contribution is 8.00. The Bertz CT molecular complexity index is 1190. The lowest BCUT2D eigenvalue weighted by atomic mass is 10.1. The van der Waals surface area contributed by atoms with E-state index < -0.39 is 10.0 Å². The molecule has 0 aliphatic carbocycles. The number of sulfonamides is 1. The molecule has 3 aromatic rings. The summed E-state index contributed by atoms with van der Waals surface area (Å²) < 4.78 is 27.9. The van der Waals surface area contributed by atoms with E-state index in [4.69, 9.17) is 0 Å². The van der Waals surface area contributed by atoms with E-state index in [2.05, 4.69) is 46.7 Å². The fourth-order valence-corrected chi connectivity index (χ4v) is 6.71. The molecule has 1 aromatic heterocycles. The molecule has 2 aromatic carbocycles. The maximum Gasteiger partial charge on any atom is 0.243 e. The maximum absolute atomic E-state index is 12.8. The summed E-state index contributed by atoms with van der Waals surface area (Å²) in [6, 6.07) is 14.6. The molecule has 0 amide bonds. The highest BCUT2D eigenvalue weighted by atomic mass is 32.2. The second-order valence-corrected chi connectivity index (χ2v) is 12.1. The van der Waals surface area contributed by atoms with Crippen molar-refractivity contribution in [3.05, 3.63) is 65.2 Å². The highest BCUT2D eigenvalue weighted by Gasteiger charge is 2.25. The van der Waals surface area contributed by atoms with Crippen molar-refractivity contribution in [2.24, 2.45) is 0 Å². The third-order valence-corrected chi connectivity index (χ3v) is 9.42. The zero-order chi connectivity index (χ0) is 23.3. The number of rotatable bonds is 9. The van der Waals surface area contributed by atoms with Crippen molar-refractivity contribution in [1.29, 1.82) is 0 Å². The summed E-state index contributed by atoms with van der Waals surface area (Å²) >= 11 is 3.01. The molecule has 33 heavy (non-hydrogen) atoms. The summed E-state index contributed by atoms with van der Waals surface area (Å²) in [6.07, 6.45) is 2.84. The lowest BCUT2D eigenvalue weighted by Crippen LogP contribution is -2.35. The molecule has 0 bridgehead atoms. The summed E-state index contributed by atoms with van der Waals surface area (Å²) in [5.74, 6) is 0.668. The van der Waals surface area contributed by atoms with Crippen LogP contribution in [0.15, 0.2) is 57.8 Å². The number of nitrogens with zero attached hydrogens (tertiary/aromatic N) is 3. The van der Waals surface area contributed by atoms with Crippen LogP contribution >= 0.6 is 23.1 Å². The van der Waals surface area contributed by atoms with Crippen LogP contribution < -0.4 is 5.32 Å². The van der Waals surface area contributed by atoms with E-state index in [-0.39, 0.29) is 17.2 Å². The summed E-state index contributed by atoms with van der Waals surface area (Å²) in [5.41, 5.74) is 2.91. The summed E-state index contributed by atoms with van der Waals surface area (Å²) in [6.45, 7) is 3.24. The Kier molecular flexibility index (Phi) is 7.79. The summed E-state index contributed by atoms with van der Waals surface area (Å²) in [4.78, 5) is 12.8. The zero-order valence-electron chi connectivity index (χ0n) is 18.4. The molecule has 1 saturated heterocycles. The molecule has 174 valence electrons. The number of nitrogens with one attached hydrogen (secondary N) is 1. The number of hydrogen-bond acceptors (Lipinski definition) is 8. The van der Waals surface area contributed by atoms with Gasteiger partial charge in [0.25, 0.3) is 0 Å². The monoisotopic (exact) mass is 502 g/mol. The van der Waals surface area contributed by atoms with Gasteiger partial charge in [0.2, 0.25) is 15.2 Å². The molecule has 2 heterocycles. The molecule has 1 N–H and O–H groups in total. The predicted octanol–water partition coefficient (Wildman–Crippen LogP) is 4.61. The molecule has 10 heteroatoms. The van der Waals surface area contributed by atoms with E-state index in [9.17, 15) is 13.2 Å². The Morgan fingerprint density at radius 1 is 1.03 bits per heavy atom. The summed E-state index contributed by atoms with van der Waals surface area (Å²) in [7, 11) is -3.50. The molecular weight excluding hydrogens is 476 g/mol. The standard InChI is InChI=1S/C23H26N4O3S3/c1-17-5-7-18(8-6-17)16-31-23-26-25-22(32-23)24-15-21(28)19-9-11-20(12-10-19)33(29,30)27-13-3-2-4-14-27/h5-12H,2-4,13-16H2,1H3,(H,24,25). The SMILES string of the molecule is Cc1ccc(CSc2nnc(NCC(=O)c3ccc(S(=O)(=O)N4CCCCC4)cc3)s2)cc1. The quantitative estimate of drug-likeness (QED) is 0.337. The van der Waals surface area contributed by atoms with Gasteiger partial charge in [-0.15, -0.1) is 10.2 Å². The first-order valence-corrected chi connectivity index (χ1v) is 14.1. The van der Waals surface area contributed by atoms with E-state index >= 15 is 0 Å². The lowest BCUT2D eigenvalue weighted by Gasteiger charge is -2.25. The van der Waals surface area contributed by atoms with Crippen LogP contribution in [0.2, 0.25) is 0 Å². The Hall–Kier alpha value is -2.27. The van der Waals surface area contributed by atoms with Gasteiger partial charge < -0.3 is 5.32 Å². The van der Waals surface area contributed by atoms with Crippen LogP contribution in [0.25, 0.3) is 0 Å². The van der Waals surface area contributed by atoms with E-state index in [1.165, 1.54) is 38.9 Å². The van der Waals surface area contributed by atoms with Gasteiger partial charge in [-0.3, -0.25) is 4.79 Å². The molecule has 7 nitrogen and oxygen atoms in total. The lowest BCUT2D eigenvalue weighted by molar-refractivity contribution is 0.101. The minimum Gasteiger partial charge on any atom is -0.353 e. The third kappa shape index (κ3) is 6.20. The average Bonchev–Trinajstić information content (AvgIpc) is 3.31. The molecule has 4 rings (SSSR count). The number of aromatic nitrogens is 2. The Balaban J connectivity index is 1.29. The molecule has 1 aliphatic heterocycles. The van der Waals surface area contributed by atoms with E-state index in [1.54, 1.807) is 23.9 Å². The topological polar surface area (TPSA) is 92.3 Å². The fourth-order valence-electron chi connectivity index (χ4n) is 3.49. The minimum absolute atomic E-state index is 0.0650. The largest absolute Gasteiger partial charge is 0.353 e. The smallest absolute Gasteiger partial charge is 0.243 e. The number of thioether (sulfide) groups is 1. The first-order valence-electron chi connectivity index (χ1n) is 10.8. The van der Waals surface area contributed by atoms with E-state index in [0.29, 0.717) is 23.8 Å².